The topological polar surface area (TPSA) is 49.8 Å². The van der Waals surface area contributed by atoms with Crippen LogP contribution in [0.25, 0.3) is 0 Å². The number of piperidine rings is 1. The Morgan fingerprint density at radius 1 is 1.45 bits per heavy atom. The smallest absolute Gasteiger partial charge is 0.302 e. The Balaban J connectivity index is 1.79. The van der Waals surface area contributed by atoms with Gasteiger partial charge in [0.25, 0.3) is 0 Å². The van der Waals surface area contributed by atoms with E-state index in [0.29, 0.717) is 11.8 Å². The maximum atomic E-state index is 11.5. The van der Waals surface area contributed by atoms with Crippen LogP contribution in [0.4, 0.5) is 0 Å². The lowest BCUT2D eigenvalue weighted by Gasteiger charge is -2.65. The quantitative estimate of drug-likeness (QED) is 0.595. The highest BCUT2D eigenvalue weighted by atomic mass is 16.5. The fourth-order valence-corrected chi connectivity index (χ4v) is 6.07. The lowest BCUT2D eigenvalue weighted by atomic mass is 9.51. The Morgan fingerprint density at radius 2 is 2.27 bits per heavy atom. The SMILES string of the molecule is CC(=O)O[C@@H]1[C@@H](C)C[C@]23C4=CCCN2CCC[C@@H]3[C@H](O)C[C@@H]41. The van der Waals surface area contributed by atoms with Gasteiger partial charge in [0.05, 0.1) is 6.10 Å². The molecule has 2 bridgehead atoms. The molecule has 4 heteroatoms. The van der Waals surface area contributed by atoms with E-state index in [0.717, 1.165) is 38.8 Å². The van der Waals surface area contributed by atoms with Gasteiger partial charge in [0, 0.05) is 30.8 Å². The van der Waals surface area contributed by atoms with E-state index in [4.69, 9.17) is 4.74 Å². The summed E-state index contributed by atoms with van der Waals surface area (Å²) in [6.45, 7) is 5.99. The molecule has 0 aromatic rings. The summed E-state index contributed by atoms with van der Waals surface area (Å²) in [4.78, 5) is 14.2. The number of esters is 1. The number of aliphatic hydroxyl groups excluding tert-OH is 1. The van der Waals surface area contributed by atoms with Gasteiger partial charge in [0.15, 0.2) is 0 Å². The van der Waals surface area contributed by atoms with Gasteiger partial charge in [-0.25, -0.2) is 0 Å². The minimum Gasteiger partial charge on any atom is -0.462 e. The maximum absolute atomic E-state index is 11.5. The number of hydrogen-bond acceptors (Lipinski definition) is 4. The van der Waals surface area contributed by atoms with Gasteiger partial charge in [0.2, 0.25) is 0 Å². The zero-order chi connectivity index (χ0) is 15.5. The molecule has 0 aromatic carbocycles. The molecular weight excluding hydrogens is 278 g/mol. The minimum atomic E-state index is -0.256. The van der Waals surface area contributed by atoms with Crippen LogP contribution < -0.4 is 0 Å². The Labute approximate surface area is 132 Å². The average Bonchev–Trinajstić information content (AvgIpc) is 2.47. The molecule has 2 saturated carbocycles. The second-order valence-corrected chi connectivity index (χ2v) is 7.77. The summed E-state index contributed by atoms with van der Waals surface area (Å²) in [7, 11) is 0. The second kappa shape index (κ2) is 5.07. The van der Waals surface area contributed by atoms with Crippen molar-refractivity contribution in [1.29, 1.82) is 0 Å². The summed E-state index contributed by atoms with van der Waals surface area (Å²) in [5.41, 5.74) is 1.53. The molecule has 4 rings (SSSR count). The van der Waals surface area contributed by atoms with Gasteiger partial charge in [-0.2, -0.15) is 0 Å². The second-order valence-electron chi connectivity index (χ2n) is 7.77. The van der Waals surface area contributed by atoms with Crippen molar-refractivity contribution < 1.29 is 14.6 Å². The summed E-state index contributed by atoms with van der Waals surface area (Å²) in [5.74, 6) is 0.741. The minimum absolute atomic E-state index is 0.0505. The highest BCUT2D eigenvalue weighted by molar-refractivity contribution is 5.66. The molecule has 0 radical (unpaired) electrons. The molecule has 0 aromatic heterocycles. The summed E-state index contributed by atoms with van der Waals surface area (Å²) < 4.78 is 5.70. The zero-order valence-corrected chi connectivity index (χ0v) is 13.6. The molecule has 0 unspecified atom stereocenters. The third-order valence-corrected chi connectivity index (χ3v) is 6.64. The molecule has 4 aliphatic rings. The van der Waals surface area contributed by atoms with Crippen molar-refractivity contribution in [2.24, 2.45) is 17.8 Å². The first-order valence-electron chi connectivity index (χ1n) is 8.85. The maximum Gasteiger partial charge on any atom is 0.302 e. The number of hydrogen-bond donors (Lipinski definition) is 1. The molecule has 22 heavy (non-hydrogen) atoms. The molecule has 2 heterocycles. The predicted octanol–water partition coefficient (Wildman–Crippen LogP) is 2.12. The Kier molecular flexibility index (Phi) is 3.39. The standard InChI is InChI=1S/C18H27NO3/c1-11-10-18-14-5-3-7-19(18)8-4-6-15(18)16(21)9-13(14)17(11)22-12(2)20/h5,11,13,15-17,21H,3-4,6-10H2,1-2H3/t11-,13-,15+,16+,17+,18+/m0/s1. The van der Waals surface area contributed by atoms with Gasteiger partial charge >= 0.3 is 5.97 Å². The average molecular weight is 305 g/mol. The predicted molar refractivity (Wildman–Crippen MR) is 83.2 cm³/mol. The molecule has 122 valence electrons. The Bertz CT molecular complexity index is 516. The Morgan fingerprint density at radius 3 is 3.05 bits per heavy atom. The van der Waals surface area contributed by atoms with Gasteiger partial charge in [-0.3, -0.25) is 9.69 Å². The summed E-state index contributed by atoms with van der Waals surface area (Å²) in [6.07, 6.45) is 7.30. The van der Waals surface area contributed by atoms with E-state index in [1.807, 2.05) is 0 Å². The van der Waals surface area contributed by atoms with Crippen molar-refractivity contribution >= 4 is 5.97 Å². The summed E-state index contributed by atoms with van der Waals surface area (Å²) in [6, 6.07) is 0. The van der Waals surface area contributed by atoms with E-state index in [-0.39, 0.29) is 29.6 Å². The van der Waals surface area contributed by atoms with E-state index in [1.165, 1.54) is 18.9 Å². The molecule has 4 nitrogen and oxygen atoms in total. The van der Waals surface area contributed by atoms with Crippen LogP contribution >= 0.6 is 0 Å². The molecule has 0 amide bonds. The van der Waals surface area contributed by atoms with Crippen molar-refractivity contribution in [3.63, 3.8) is 0 Å². The van der Waals surface area contributed by atoms with Crippen molar-refractivity contribution in [2.75, 3.05) is 13.1 Å². The lowest BCUT2D eigenvalue weighted by Crippen LogP contribution is -2.70. The number of carbonyl (C=O) groups is 1. The first-order chi connectivity index (χ1) is 10.5. The van der Waals surface area contributed by atoms with E-state index in [1.54, 1.807) is 0 Å². The summed E-state index contributed by atoms with van der Waals surface area (Å²) >= 11 is 0. The monoisotopic (exact) mass is 305 g/mol. The first kappa shape index (κ1) is 14.7. The molecule has 2 aliphatic carbocycles. The van der Waals surface area contributed by atoms with Crippen LogP contribution in [-0.4, -0.2) is 46.8 Å². The molecular formula is C18H27NO3. The number of aliphatic hydroxyl groups is 1. The van der Waals surface area contributed by atoms with Crippen LogP contribution in [0.3, 0.4) is 0 Å². The first-order valence-corrected chi connectivity index (χ1v) is 8.85. The van der Waals surface area contributed by atoms with Gasteiger partial charge in [-0.15, -0.1) is 0 Å². The zero-order valence-electron chi connectivity index (χ0n) is 13.6. The number of rotatable bonds is 1. The fourth-order valence-electron chi connectivity index (χ4n) is 6.07. The molecule has 6 atom stereocenters. The van der Waals surface area contributed by atoms with Gasteiger partial charge in [-0.1, -0.05) is 13.0 Å². The van der Waals surface area contributed by atoms with Crippen molar-refractivity contribution in [3.8, 4) is 0 Å². The van der Waals surface area contributed by atoms with Crippen LogP contribution in [0.1, 0.15) is 46.0 Å². The molecule has 1 N–H and O–H groups in total. The van der Waals surface area contributed by atoms with Crippen molar-refractivity contribution in [2.45, 2.75) is 63.7 Å². The van der Waals surface area contributed by atoms with Crippen LogP contribution in [0, 0.1) is 17.8 Å². The van der Waals surface area contributed by atoms with Gasteiger partial charge in [-0.05, 0) is 50.1 Å². The fraction of sp³-hybridized carbons (Fsp3) is 0.833. The van der Waals surface area contributed by atoms with Crippen LogP contribution in [0.5, 0.6) is 0 Å². The van der Waals surface area contributed by atoms with E-state index in [9.17, 15) is 9.90 Å². The largest absolute Gasteiger partial charge is 0.462 e. The third kappa shape index (κ3) is 1.86. The lowest BCUT2D eigenvalue weighted by molar-refractivity contribution is -0.171. The van der Waals surface area contributed by atoms with E-state index in [2.05, 4.69) is 17.9 Å². The van der Waals surface area contributed by atoms with E-state index >= 15 is 0 Å². The molecule has 1 spiro atoms. The number of nitrogens with zero attached hydrogens (tertiary/aromatic N) is 1. The summed E-state index contributed by atoms with van der Waals surface area (Å²) in [5, 5.41) is 10.8. The van der Waals surface area contributed by atoms with Crippen LogP contribution in [0.15, 0.2) is 11.6 Å². The molecule has 2 aliphatic heterocycles. The van der Waals surface area contributed by atoms with Gasteiger partial charge < -0.3 is 9.84 Å². The van der Waals surface area contributed by atoms with Crippen LogP contribution in [0.2, 0.25) is 0 Å². The molecule has 3 fully saturated rings. The van der Waals surface area contributed by atoms with Crippen molar-refractivity contribution in [1.82, 2.24) is 4.90 Å². The number of ether oxygens (including phenoxy) is 1. The van der Waals surface area contributed by atoms with Crippen LogP contribution in [-0.2, 0) is 9.53 Å². The normalized spacial score (nSPS) is 47.4. The number of carbonyl (C=O) groups excluding carboxylic acids is 1. The highest BCUT2D eigenvalue weighted by Gasteiger charge is 2.62. The van der Waals surface area contributed by atoms with Gasteiger partial charge in [0.1, 0.15) is 6.10 Å². The molecule has 1 saturated heterocycles. The Hall–Kier alpha value is -0.870. The third-order valence-electron chi connectivity index (χ3n) is 6.64. The highest BCUT2D eigenvalue weighted by Crippen LogP contribution is 2.59. The van der Waals surface area contributed by atoms with Crippen molar-refractivity contribution in [3.05, 3.63) is 11.6 Å². The van der Waals surface area contributed by atoms with E-state index < -0.39 is 0 Å².